The van der Waals surface area contributed by atoms with E-state index in [0.29, 0.717) is 26.0 Å². The molecule has 0 aromatic heterocycles. The minimum absolute atomic E-state index is 0.125. The fraction of sp³-hybridized carbons (Fsp3) is 0.591. The third-order valence-corrected chi connectivity index (χ3v) is 5.22. The molecule has 1 heterocycles. The molecule has 1 aromatic rings. The minimum atomic E-state index is -1.16. The number of carbonyl (C=O) groups is 3. The van der Waals surface area contributed by atoms with Gasteiger partial charge < -0.3 is 20.3 Å². The van der Waals surface area contributed by atoms with Crippen molar-refractivity contribution in [3.63, 3.8) is 0 Å². The predicted molar refractivity (Wildman–Crippen MR) is 111 cm³/mol. The Morgan fingerprint density at radius 1 is 1.17 bits per heavy atom. The molecule has 1 aliphatic rings. The van der Waals surface area contributed by atoms with E-state index in [1.165, 1.54) is 4.90 Å². The van der Waals surface area contributed by atoms with Crippen molar-refractivity contribution in [1.82, 2.24) is 15.5 Å². The van der Waals surface area contributed by atoms with Crippen molar-refractivity contribution >= 4 is 17.7 Å². The summed E-state index contributed by atoms with van der Waals surface area (Å²) < 4.78 is 5.57. The largest absolute Gasteiger partial charge is 0.379 e. The maximum Gasteiger partial charge on any atom is 0.253 e. The summed E-state index contributed by atoms with van der Waals surface area (Å²) in [6.07, 6.45) is 3.23. The summed E-state index contributed by atoms with van der Waals surface area (Å²) in [6, 6.07) is 7.37. The molecule has 0 spiro atoms. The molecule has 1 aromatic carbocycles. The maximum absolute atomic E-state index is 13.1. The molecular weight excluding hydrogens is 370 g/mol. The molecule has 0 saturated carbocycles. The molecule has 0 bridgehead atoms. The van der Waals surface area contributed by atoms with Crippen molar-refractivity contribution in [2.75, 3.05) is 13.2 Å². The van der Waals surface area contributed by atoms with Crippen LogP contribution >= 0.6 is 0 Å². The van der Waals surface area contributed by atoms with Crippen molar-refractivity contribution < 1.29 is 19.1 Å². The number of benzene rings is 1. The topological polar surface area (TPSA) is 87.7 Å². The summed E-state index contributed by atoms with van der Waals surface area (Å²) in [5.41, 5.74) is 0.930. The Labute approximate surface area is 173 Å². The lowest BCUT2D eigenvalue weighted by Crippen LogP contribution is -2.70. The molecule has 2 atom stereocenters. The van der Waals surface area contributed by atoms with Gasteiger partial charge in [-0.05, 0) is 24.8 Å². The van der Waals surface area contributed by atoms with Gasteiger partial charge in [-0.2, -0.15) is 0 Å². The number of carbonyl (C=O) groups excluding carboxylic acids is 3. The highest BCUT2D eigenvalue weighted by Crippen LogP contribution is 2.19. The Hall–Kier alpha value is -2.41. The SMILES string of the molecule is CCCCOC[C@@H]1NC(=O)C(C(=O)NCc2ccccc2)N(C(CC)CC)C1=O. The number of hydrogen-bond acceptors (Lipinski definition) is 4. The van der Waals surface area contributed by atoms with Gasteiger partial charge in [0.15, 0.2) is 6.04 Å². The van der Waals surface area contributed by atoms with E-state index >= 15 is 0 Å². The Morgan fingerprint density at radius 2 is 1.86 bits per heavy atom. The maximum atomic E-state index is 13.1. The molecule has 2 rings (SSSR count). The molecule has 2 N–H and O–H groups in total. The zero-order valence-corrected chi connectivity index (χ0v) is 17.6. The van der Waals surface area contributed by atoms with Gasteiger partial charge in [-0.15, -0.1) is 0 Å². The first kappa shape index (κ1) is 22.9. The van der Waals surface area contributed by atoms with E-state index in [-0.39, 0.29) is 18.6 Å². The molecule has 1 fully saturated rings. The van der Waals surface area contributed by atoms with Gasteiger partial charge in [-0.1, -0.05) is 57.5 Å². The van der Waals surface area contributed by atoms with Gasteiger partial charge in [0, 0.05) is 19.2 Å². The van der Waals surface area contributed by atoms with Crippen LogP contribution in [0.2, 0.25) is 0 Å². The molecule has 3 amide bonds. The van der Waals surface area contributed by atoms with Crippen LogP contribution in [0.1, 0.15) is 52.0 Å². The van der Waals surface area contributed by atoms with Crippen LogP contribution in [-0.4, -0.2) is 54.0 Å². The summed E-state index contributed by atoms with van der Waals surface area (Å²) in [5, 5.41) is 5.49. The quantitative estimate of drug-likeness (QED) is 0.437. The number of piperazine rings is 1. The molecule has 29 heavy (non-hydrogen) atoms. The first-order valence-electron chi connectivity index (χ1n) is 10.5. The second-order valence-corrected chi connectivity index (χ2v) is 7.31. The molecule has 7 nitrogen and oxygen atoms in total. The normalized spacial score (nSPS) is 19.4. The van der Waals surface area contributed by atoms with Crippen LogP contribution in [-0.2, 0) is 25.7 Å². The summed E-state index contributed by atoms with van der Waals surface area (Å²) >= 11 is 0. The van der Waals surface area contributed by atoms with Crippen molar-refractivity contribution in [2.45, 2.75) is 71.1 Å². The zero-order valence-electron chi connectivity index (χ0n) is 17.6. The van der Waals surface area contributed by atoms with Gasteiger partial charge in [0.25, 0.3) is 11.8 Å². The lowest BCUT2D eigenvalue weighted by Gasteiger charge is -2.42. The minimum Gasteiger partial charge on any atom is -0.379 e. The van der Waals surface area contributed by atoms with Gasteiger partial charge in [0.1, 0.15) is 6.04 Å². The van der Waals surface area contributed by atoms with Gasteiger partial charge >= 0.3 is 0 Å². The Morgan fingerprint density at radius 3 is 2.48 bits per heavy atom. The second kappa shape index (κ2) is 11.6. The van der Waals surface area contributed by atoms with Crippen molar-refractivity contribution in [2.24, 2.45) is 0 Å². The van der Waals surface area contributed by atoms with Crippen LogP contribution in [0.15, 0.2) is 30.3 Å². The molecule has 7 heteroatoms. The van der Waals surface area contributed by atoms with Crippen LogP contribution in [0.3, 0.4) is 0 Å². The molecule has 1 aliphatic heterocycles. The van der Waals surface area contributed by atoms with E-state index in [0.717, 1.165) is 18.4 Å². The van der Waals surface area contributed by atoms with Gasteiger partial charge in [-0.25, -0.2) is 0 Å². The third kappa shape index (κ3) is 6.03. The third-order valence-electron chi connectivity index (χ3n) is 5.22. The lowest BCUT2D eigenvalue weighted by atomic mass is 10.00. The van der Waals surface area contributed by atoms with Gasteiger partial charge in [0.2, 0.25) is 5.91 Å². The lowest BCUT2D eigenvalue weighted by molar-refractivity contribution is -0.159. The molecule has 1 unspecified atom stereocenters. The number of nitrogens with zero attached hydrogens (tertiary/aromatic N) is 1. The number of nitrogens with one attached hydrogen (secondary N) is 2. The van der Waals surface area contributed by atoms with E-state index in [1.54, 1.807) is 0 Å². The van der Waals surface area contributed by atoms with Crippen LogP contribution < -0.4 is 10.6 Å². The van der Waals surface area contributed by atoms with Crippen molar-refractivity contribution in [3.05, 3.63) is 35.9 Å². The van der Waals surface area contributed by atoms with E-state index in [2.05, 4.69) is 17.6 Å². The number of unbranched alkanes of at least 4 members (excludes halogenated alkanes) is 1. The number of ether oxygens (including phenoxy) is 1. The molecule has 0 radical (unpaired) electrons. The van der Waals surface area contributed by atoms with E-state index in [9.17, 15) is 14.4 Å². The van der Waals surface area contributed by atoms with Crippen LogP contribution in [0, 0.1) is 0 Å². The predicted octanol–water partition coefficient (Wildman–Crippen LogP) is 2.00. The first-order valence-corrected chi connectivity index (χ1v) is 10.5. The summed E-state index contributed by atoms with van der Waals surface area (Å²) in [7, 11) is 0. The van der Waals surface area contributed by atoms with E-state index < -0.39 is 23.9 Å². The van der Waals surface area contributed by atoms with Gasteiger partial charge in [-0.3, -0.25) is 14.4 Å². The van der Waals surface area contributed by atoms with Crippen LogP contribution in [0.25, 0.3) is 0 Å². The van der Waals surface area contributed by atoms with E-state index in [4.69, 9.17) is 4.74 Å². The summed E-state index contributed by atoms with van der Waals surface area (Å²) in [6.45, 7) is 6.95. The second-order valence-electron chi connectivity index (χ2n) is 7.31. The van der Waals surface area contributed by atoms with Crippen LogP contribution in [0.4, 0.5) is 0 Å². The fourth-order valence-corrected chi connectivity index (χ4v) is 3.51. The Bertz CT molecular complexity index is 676. The number of amides is 3. The highest BCUT2D eigenvalue weighted by Gasteiger charge is 2.46. The zero-order chi connectivity index (χ0) is 21.2. The number of rotatable bonds is 11. The molecule has 160 valence electrons. The van der Waals surface area contributed by atoms with Crippen molar-refractivity contribution in [3.8, 4) is 0 Å². The van der Waals surface area contributed by atoms with Crippen molar-refractivity contribution in [1.29, 1.82) is 0 Å². The fourth-order valence-electron chi connectivity index (χ4n) is 3.51. The Balaban J connectivity index is 2.12. The highest BCUT2D eigenvalue weighted by molar-refractivity contribution is 6.10. The smallest absolute Gasteiger partial charge is 0.253 e. The first-order chi connectivity index (χ1) is 14.0. The molecule has 1 saturated heterocycles. The van der Waals surface area contributed by atoms with E-state index in [1.807, 2.05) is 44.2 Å². The average molecular weight is 404 g/mol. The molecule has 0 aliphatic carbocycles. The average Bonchev–Trinajstić information content (AvgIpc) is 2.74. The van der Waals surface area contributed by atoms with Gasteiger partial charge in [0.05, 0.1) is 6.61 Å². The highest BCUT2D eigenvalue weighted by atomic mass is 16.5. The monoisotopic (exact) mass is 403 g/mol. The number of hydrogen-bond donors (Lipinski definition) is 2. The summed E-state index contributed by atoms with van der Waals surface area (Å²) in [4.78, 5) is 40.3. The Kier molecular flexibility index (Phi) is 9.12. The van der Waals surface area contributed by atoms with Crippen LogP contribution in [0.5, 0.6) is 0 Å². The standard InChI is InChI=1S/C22H33N3O4/c1-4-7-13-29-15-18-22(28)25(17(5-2)6-3)19(21(27)24-18)20(26)23-14-16-11-9-8-10-12-16/h8-12,17-19H,4-7,13-15H2,1-3H3,(H,23,26)(H,24,27)/t18-,19?/m0/s1. The summed E-state index contributed by atoms with van der Waals surface area (Å²) in [5.74, 6) is -1.17. The molecular formula is C22H33N3O4.